The molecule has 1 aromatic heterocycles. The smallest absolute Gasteiger partial charge is 0.306 e. The van der Waals surface area contributed by atoms with Gasteiger partial charge in [0.25, 0.3) is 0 Å². The van der Waals surface area contributed by atoms with Gasteiger partial charge in [0, 0.05) is 5.92 Å². The summed E-state index contributed by atoms with van der Waals surface area (Å²) in [6, 6.07) is 8.89. The number of aromatic amines is 1. The zero-order valence-electron chi connectivity index (χ0n) is 15.9. The van der Waals surface area contributed by atoms with E-state index in [0.717, 1.165) is 50.3 Å². The van der Waals surface area contributed by atoms with Crippen LogP contribution in [-0.2, 0) is 4.79 Å². The number of aromatic nitrogens is 2. The summed E-state index contributed by atoms with van der Waals surface area (Å²) in [5, 5.41) is 12.6. The summed E-state index contributed by atoms with van der Waals surface area (Å²) in [4.78, 5) is 19.2. The molecule has 0 amide bonds. The monoisotopic (exact) mass is 425 g/mol. The molecule has 2 fully saturated rings. The van der Waals surface area contributed by atoms with Gasteiger partial charge in [-0.3, -0.25) is 4.79 Å². The molecule has 7 heteroatoms. The zero-order chi connectivity index (χ0) is 17.9. The van der Waals surface area contributed by atoms with Crippen molar-refractivity contribution in [1.82, 2.24) is 15.3 Å². The van der Waals surface area contributed by atoms with Crippen LogP contribution in [0.15, 0.2) is 30.5 Å². The van der Waals surface area contributed by atoms with E-state index in [0.29, 0.717) is 11.8 Å². The van der Waals surface area contributed by atoms with E-state index >= 15 is 0 Å². The number of H-pyrrole nitrogens is 1. The second-order valence-electron chi connectivity index (χ2n) is 7.72. The Morgan fingerprint density at radius 3 is 2.18 bits per heavy atom. The highest BCUT2D eigenvalue weighted by molar-refractivity contribution is 5.85. The lowest BCUT2D eigenvalue weighted by atomic mass is 9.82. The second kappa shape index (κ2) is 10.3. The largest absolute Gasteiger partial charge is 0.481 e. The van der Waals surface area contributed by atoms with Crippen LogP contribution in [0.1, 0.15) is 61.7 Å². The van der Waals surface area contributed by atoms with Crippen LogP contribution < -0.4 is 5.32 Å². The van der Waals surface area contributed by atoms with Crippen LogP contribution in [0.4, 0.5) is 0 Å². The van der Waals surface area contributed by atoms with Gasteiger partial charge in [0.15, 0.2) is 0 Å². The highest BCUT2D eigenvalue weighted by atomic mass is 35.5. The number of piperidine rings is 1. The third-order valence-corrected chi connectivity index (χ3v) is 6.09. The maximum Gasteiger partial charge on any atom is 0.306 e. The van der Waals surface area contributed by atoms with Crippen molar-refractivity contribution < 1.29 is 9.90 Å². The lowest BCUT2D eigenvalue weighted by Crippen LogP contribution is -2.26. The SMILES string of the molecule is Cl.Cl.O=C(O)C1CCC(c2ncc(-c3ccc(C4CCNCC4)cc3)[nH]2)CC1. The maximum absolute atomic E-state index is 11.1. The van der Waals surface area contributed by atoms with Gasteiger partial charge in [-0.2, -0.15) is 0 Å². The zero-order valence-corrected chi connectivity index (χ0v) is 17.5. The Hall–Kier alpha value is -1.56. The maximum atomic E-state index is 11.1. The molecular weight excluding hydrogens is 397 g/mol. The molecule has 2 aliphatic rings. The molecule has 154 valence electrons. The molecule has 1 aromatic carbocycles. The Balaban J connectivity index is 0.00000140. The molecule has 3 N–H and O–H groups in total. The number of rotatable bonds is 4. The minimum Gasteiger partial charge on any atom is -0.481 e. The van der Waals surface area contributed by atoms with Crippen molar-refractivity contribution in [2.24, 2.45) is 5.92 Å². The van der Waals surface area contributed by atoms with Gasteiger partial charge in [-0.1, -0.05) is 24.3 Å². The number of nitrogens with one attached hydrogen (secondary N) is 2. The van der Waals surface area contributed by atoms with E-state index in [1.807, 2.05) is 6.20 Å². The van der Waals surface area contributed by atoms with Gasteiger partial charge in [-0.05, 0) is 68.7 Å². The number of halogens is 2. The van der Waals surface area contributed by atoms with Crippen molar-refractivity contribution in [3.63, 3.8) is 0 Å². The van der Waals surface area contributed by atoms with E-state index in [1.54, 1.807) is 0 Å². The summed E-state index contributed by atoms with van der Waals surface area (Å²) in [6.45, 7) is 2.22. The highest BCUT2D eigenvalue weighted by Crippen LogP contribution is 2.35. The Kier molecular flexibility index (Phi) is 8.35. The van der Waals surface area contributed by atoms with Gasteiger partial charge in [0.2, 0.25) is 0 Å². The Bertz CT molecular complexity index is 749. The quantitative estimate of drug-likeness (QED) is 0.660. The lowest BCUT2D eigenvalue weighted by molar-refractivity contribution is -0.142. The normalized spacial score (nSPS) is 22.7. The fourth-order valence-corrected chi connectivity index (χ4v) is 4.39. The summed E-state index contributed by atoms with van der Waals surface area (Å²) in [6.07, 6.45) is 7.65. The van der Waals surface area contributed by atoms with Crippen molar-refractivity contribution >= 4 is 30.8 Å². The number of hydrogen-bond donors (Lipinski definition) is 3. The summed E-state index contributed by atoms with van der Waals surface area (Å²) in [5.41, 5.74) is 3.65. The fraction of sp³-hybridized carbons (Fsp3) is 0.524. The van der Waals surface area contributed by atoms with Gasteiger partial charge >= 0.3 is 5.97 Å². The molecule has 2 aromatic rings. The lowest BCUT2D eigenvalue weighted by Gasteiger charge is -2.24. The highest BCUT2D eigenvalue weighted by Gasteiger charge is 2.28. The topological polar surface area (TPSA) is 78.0 Å². The minimum atomic E-state index is -0.655. The Morgan fingerprint density at radius 2 is 1.57 bits per heavy atom. The second-order valence-corrected chi connectivity index (χ2v) is 7.72. The van der Waals surface area contributed by atoms with Gasteiger partial charge in [-0.15, -0.1) is 24.8 Å². The van der Waals surface area contributed by atoms with Crippen LogP contribution in [0.5, 0.6) is 0 Å². The predicted octanol–water partition coefficient (Wildman–Crippen LogP) is 4.75. The molecule has 1 aliphatic heterocycles. The number of carbonyl (C=O) groups is 1. The van der Waals surface area contributed by atoms with E-state index < -0.39 is 5.97 Å². The van der Waals surface area contributed by atoms with E-state index in [9.17, 15) is 4.79 Å². The van der Waals surface area contributed by atoms with Crippen molar-refractivity contribution in [1.29, 1.82) is 0 Å². The first kappa shape index (κ1) is 22.7. The summed E-state index contributed by atoms with van der Waals surface area (Å²) >= 11 is 0. The van der Waals surface area contributed by atoms with Crippen LogP contribution >= 0.6 is 24.8 Å². The number of carboxylic acids is 1. The molecule has 1 saturated heterocycles. The number of aliphatic carboxylic acids is 1. The average molecular weight is 426 g/mol. The van der Waals surface area contributed by atoms with E-state index in [1.165, 1.54) is 24.0 Å². The summed E-state index contributed by atoms with van der Waals surface area (Å²) in [7, 11) is 0. The number of imidazole rings is 1. The summed E-state index contributed by atoms with van der Waals surface area (Å²) < 4.78 is 0. The Morgan fingerprint density at radius 1 is 0.929 bits per heavy atom. The van der Waals surface area contributed by atoms with Crippen LogP contribution in [0, 0.1) is 5.92 Å². The molecular formula is C21H29Cl2N3O2. The molecule has 5 nitrogen and oxygen atoms in total. The van der Waals surface area contributed by atoms with Crippen LogP contribution in [0.3, 0.4) is 0 Å². The first-order valence-corrected chi connectivity index (χ1v) is 9.79. The first-order valence-electron chi connectivity index (χ1n) is 9.79. The fourth-order valence-electron chi connectivity index (χ4n) is 4.39. The van der Waals surface area contributed by atoms with Gasteiger partial charge in [-0.25, -0.2) is 4.98 Å². The molecule has 0 atom stereocenters. The molecule has 1 aliphatic carbocycles. The van der Waals surface area contributed by atoms with Gasteiger partial charge < -0.3 is 15.4 Å². The summed E-state index contributed by atoms with van der Waals surface area (Å²) in [5.74, 6) is 1.20. The van der Waals surface area contributed by atoms with E-state index in [2.05, 4.69) is 39.6 Å². The third-order valence-electron chi connectivity index (χ3n) is 6.09. The molecule has 0 bridgehead atoms. The van der Waals surface area contributed by atoms with Crippen molar-refractivity contribution in [2.75, 3.05) is 13.1 Å². The average Bonchev–Trinajstić information content (AvgIpc) is 3.19. The minimum absolute atomic E-state index is 0. The number of benzene rings is 1. The van der Waals surface area contributed by atoms with Crippen LogP contribution in [0.2, 0.25) is 0 Å². The number of nitrogens with zero attached hydrogens (tertiary/aromatic N) is 1. The first-order chi connectivity index (χ1) is 12.7. The number of hydrogen-bond acceptors (Lipinski definition) is 3. The van der Waals surface area contributed by atoms with Gasteiger partial charge in [0.1, 0.15) is 5.82 Å². The Labute approximate surface area is 178 Å². The van der Waals surface area contributed by atoms with E-state index in [4.69, 9.17) is 5.11 Å². The molecule has 28 heavy (non-hydrogen) atoms. The van der Waals surface area contributed by atoms with Crippen molar-refractivity contribution in [2.45, 2.75) is 50.4 Å². The molecule has 1 saturated carbocycles. The molecule has 0 unspecified atom stereocenters. The molecule has 4 rings (SSSR count). The van der Waals surface area contributed by atoms with Crippen molar-refractivity contribution in [3.05, 3.63) is 41.9 Å². The standard InChI is InChI=1S/C21H27N3O2.2ClH/c25-21(26)18-7-5-17(6-8-18)20-23-13-19(24-20)16-3-1-14(2-4-16)15-9-11-22-12-10-15;;/h1-4,13,15,17-18,22H,5-12H2,(H,23,24)(H,25,26);2*1H. The molecule has 0 spiro atoms. The van der Waals surface area contributed by atoms with Crippen LogP contribution in [-0.4, -0.2) is 34.1 Å². The molecule has 0 radical (unpaired) electrons. The van der Waals surface area contributed by atoms with Crippen LogP contribution in [0.25, 0.3) is 11.3 Å². The van der Waals surface area contributed by atoms with Gasteiger partial charge in [0.05, 0.1) is 17.8 Å². The third kappa shape index (κ3) is 5.07. The van der Waals surface area contributed by atoms with E-state index in [-0.39, 0.29) is 30.7 Å². The number of carboxylic acid groups (broad SMARTS) is 1. The van der Waals surface area contributed by atoms with Crippen molar-refractivity contribution in [3.8, 4) is 11.3 Å². The predicted molar refractivity (Wildman–Crippen MR) is 116 cm³/mol. The molecule has 2 heterocycles.